The van der Waals surface area contributed by atoms with Gasteiger partial charge in [0.1, 0.15) is 0 Å². The molecular weight excluding hydrogens is 236 g/mol. The highest BCUT2D eigenvalue weighted by Gasteiger charge is 2.06. The van der Waals surface area contributed by atoms with Crippen molar-refractivity contribution in [2.45, 2.75) is 19.5 Å². The number of nitrogens with one attached hydrogen (secondary N) is 1. The first-order chi connectivity index (χ1) is 9.16. The van der Waals surface area contributed by atoms with E-state index in [0.717, 1.165) is 5.56 Å². The number of hydrogen-bond acceptors (Lipinski definition) is 2. The van der Waals surface area contributed by atoms with E-state index >= 15 is 0 Å². The van der Waals surface area contributed by atoms with Crippen molar-refractivity contribution in [2.24, 2.45) is 5.73 Å². The van der Waals surface area contributed by atoms with E-state index in [4.69, 9.17) is 5.73 Å². The number of benzene rings is 2. The Morgan fingerprint density at radius 2 is 1.63 bits per heavy atom. The van der Waals surface area contributed by atoms with Crippen molar-refractivity contribution < 1.29 is 4.79 Å². The molecule has 2 aromatic rings. The van der Waals surface area contributed by atoms with E-state index in [1.54, 1.807) is 6.92 Å². The lowest BCUT2D eigenvalue weighted by molar-refractivity contribution is -0.122. The van der Waals surface area contributed by atoms with Crippen molar-refractivity contribution >= 4 is 5.91 Å². The predicted molar refractivity (Wildman–Crippen MR) is 77.4 cm³/mol. The van der Waals surface area contributed by atoms with Gasteiger partial charge in [0.25, 0.3) is 0 Å². The molecule has 0 radical (unpaired) electrons. The van der Waals surface area contributed by atoms with Gasteiger partial charge in [0.2, 0.25) is 5.91 Å². The summed E-state index contributed by atoms with van der Waals surface area (Å²) in [7, 11) is 0. The molecule has 0 saturated carbocycles. The fourth-order valence-corrected chi connectivity index (χ4v) is 1.80. The number of nitrogens with two attached hydrogens (primary N) is 1. The highest BCUT2D eigenvalue weighted by atomic mass is 16.2. The van der Waals surface area contributed by atoms with Crippen molar-refractivity contribution in [1.82, 2.24) is 5.32 Å². The van der Waals surface area contributed by atoms with Gasteiger partial charge in [-0.2, -0.15) is 0 Å². The maximum Gasteiger partial charge on any atom is 0.236 e. The van der Waals surface area contributed by atoms with Crippen LogP contribution < -0.4 is 11.1 Å². The minimum absolute atomic E-state index is 0.132. The summed E-state index contributed by atoms with van der Waals surface area (Å²) in [5, 5.41) is 2.79. The van der Waals surface area contributed by atoms with E-state index in [1.165, 1.54) is 11.1 Å². The Balaban J connectivity index is 2.01. The monoisotopic (exact) mass is 254 g/mol. The Hall–Kier alpha value is -2.13. The minimum Gasteiger partial charge on any atom is -0.351 e. The smallest absolute Gasteiger partial charge is 0.236 e. The van der Waals surface area contributed by atoms with Gasteiger partial charge >= 0.3 is 0 Å². The third-order valence-electron chi connectivity index (χ3n) is 2.94. The molecule has 3 nitrogen and oxygen atoms in total. The van der Waals surface area contributed by atoms with Crippen LogP contribution in [-0.2, 0) is 11.3 Å². The summed E-state index contributed by atoms with van der Waals surface area (Å²) in [5.74, 6) is -0.132. The van der Waals surface area contributed by atoms with E-state index in [-0.39, 0.29) is 5.91 Å². The van der Waals surface area contributed by atoms with Crippen molar-refractivity contribution in [1.29, 1.82) is 0 Å². The molecule has 0 saturated heterocycles. The Kier molecular flexibility index (Phi) is 4.31. The zero-order chi connectivity index (χ0) is 13.7. The molecule has 98 valence electrons. The van der Waals surface area contributed by atoms with Crippen LogP contribution in [-0.4, -0.2) is 11.9 Å². The molecule has 0 fully saturated rings. The van der Waals surface area contributed by atoms with E-state index < -0.39 is 6.04 Å². The standard InChI is InChI=1S/C16H18N2O/c1-12(17)16(19)18-11-13-7-9-15(10-8-13)14-5-3-2-4-6-14/h2-10,12H,11,17H2,1H3,(H,18,19). The van der Waals surface area contributed by atoms with Gasteiger partial charge in [-0.05, 0) is 23.6 Å². The van der Waals surface area contributed by atoms with Gasteiger partial charge in [0.05, 0.1) is 6.04 Å². The topological polar surface area (TPSA) is 55.1 Å². The highest BCUT2D eigenvalue weighted by Crippen LogP contribution is 2.19. The van der Waals surface area contributed by atoms with Crippen LogP contribution in [0, 0.1) is 0 Å². The van der Waals surface area contributed by atoms with Crippen LogP contribution in [0.1, 0.15) is 12.5 Å². The zero-order valence-electron chi connectivity index (χ0n) is 11.0. The van der Waals surface area contributed by atoms with Crippen LogP contribution in [0.2, 0.25) is 0 Å². The number of rotatable bonds is 4. The molecular formula is C16H18N2O. The first kappa shape index (κ1) is 13.3. The summed E-state index contributed by atoms with van der Waals surface area (Å²) in [6.07, 6.45) is 0. The van der Waals surface area contributed by atoms with Gasteiger partial charge in [-0.1, -0.05) is 54.6 Å². The fraction of sp³-hybridized carbons (Fsp3) is 0.188. The maximum atomic E-state index is 11.4. The molecule has 3 heteroatoms. The third kappa shape index (κ3) is 3.66. The molecule has 0 heterocycles. The van der Waals surface area contributed by atoms with Crippen molar-refractivity contribution in [3.05, 3.63) is 60.2 Å². The van der Waals surface area contributed by atoms with Gasteiger partial charge in [-0.3, -0.25) is 4.79 Å². The largest absolute Gasteiger partial charge is 0.351 e. The first-order valence-electron chi connectivity index (χ1n) is 6.34. The fourth-order valence-electron chi connectivity index (χ4n) is 1.80. The second kappa shape index (κ2) is 6.16. The SMILES string of the molecule is CC(N)C(=O)NCc1ccc(-c2ccccc2)cc1. The predicted octanol–water partition coefficient (Wildman–Crippen LogP) is 2.32. The number of hydrogen-bond donors (Lipinski definition) is 2. The van der Waals surface area contributed by atoms with E-state index in [0.29, 0.717) is 6.54 Å². The van der Waals surface area contributed by atoms with Crippen LogP contribution in [0.15, 0.2) is 54.6 Å². The quantitative estimate of drug-likeness (QED) is 0.879. The summed E-state index contributed by atoms with van der Waals surface area (Å²) in [6, 6.07) is 17.9. The van der Waals surface area contributed by atoms with Gasteiger partial charge in [-0.15, -0.1) is 0 Å². The Bertz CT molecular complexity index is 532. The average Bonchev–Trinajstić information content (AvgIpc) is 2.46. The van der Waals surface area contributed by atoms with Crippen LogP contribution in [0.5, 0.6) is 0 Å². The van der Waals surface area contributed by atoms with Gasteiger partial charge in [-0.25, -0.2) is 0 Å². The molecule has 3 N–H and O–H groups in total. The molecule has 0 bridgehead atoms. The molecule has 1 amide bonds. The van der Waals surface area contributed by atoms with Crippen LogP contribution in [0.4, 0.5) is 0 Å². The van der Waals surface area contributed by atoms with Gasteiger partial charge in [0, 0.05) is 6.54 Å². The van der Waals surface area contributed by atoms with E-state index in [1.807, 2.05) is 30.3 Å². The van der Waals surface area contributed by atoms with Crippen molar-refractivity contribution in [3.63, 3.8) is 0 Å². The molecule has 1 atom stereocenters. The highest BCUT2D eigenvalue weighted by molar-refractivity contribution is 5.80. The summed E-state index contributed by atoms with van der Waals surface area (Å²) in [5.41, 5.74) is 8.91. The van der Waals surface area contributed by atoms with Crippen molar-refractivity contribution in [2.75, 3.05) is 0 Å². The summed E-state index contributed by atoms with van der Waals surface area (Å²) < 4.78 is 0. The molecule has 0 aliphatic carbocycles. The molecule has 0 aliphatic rings. The van der Waals surface area contributed by atoms with Crippen LogP contribution in [0.25, 0.3) is 11.1 Å². The molecule has 1 unspecified atom stereocenters. The minimum atomic E-state index is -0.469. The lowest BCUT2D eigenvalue weighted by Gasteiger charge is -2.08. The van der Waals surface area contributed by atoms with Gasteiger partial charge < -0.3 is 11.1 Å². The first-order valence-corrected chi connectivity index (χ1v) is 6.34. The molecule has 19 heavy (non-hydrogen) atoms. The lowest BCUT2D eigenvalue weighted by Crippen LogP contribution is -2.37. The van der Waals surface area contributed by atoms with E-state index in [2.05, 4.69) is 29.6 Å². The molecule has 0 aromatic heterocycles. The second-order valence-electron chi connectivity index (χ2n) is 4.57. The molecule has 2 aromatic carbocycles. The van der Waals surface area contributed by atoms with Crippen LogP contribution >= 0.6 is 0 Å². The molecule has 0 spiro atoms. The Morgan fingerprint density at radius 1 is 1.05 bits per heavy atom. The number of carbonyl (C=O) groups is 1. The normalized spacial score (nSPS) is 11.9. The molecule has 0 aliphatic heterocycles. The summed E-state index contributed by atoms with van der Waals surface area (Å²) in [6.45, 7) is 2.18. The second-order valence-corrected chi connectivity index (χ2v) is 4.57. The van der Waals surface area contributed by atoms with Crippen LogP contribution in [0.3, 0.4) is 0 Å². The average molecular weight is 254 g/mol. The maximum absolute atomic E-state index is 11.4. The summed E-state index contributed by atoms with van der Waals surface area (Å²) >= 11 is 0. The lowest BCUT2D eigenvalue weighted by atomic mass is 10.0. The van der Waals surface area contributed by atoms with Crippen molar-refractivity contribution in [3.8, 4) is 11.1 Å². The molecule has 2 rings (SSSR count). The Labute approximate surface area is 113 Å². The number of carbonyl (C=O) groups excluding carboxylic acids is 1. The summed E-state index contributed by atoms with van der Waals surface area (Å²) in [4.78, 5) is 11.4. The van der Waals surface area contributed by atoms with Gasteiger partial charge in [0.15, 0.2) is 0 Å². The Morgan fingerprint density at radius 3 is 2.21 bits per heavy atom. The number of amides is 1. The third-order valence-corrected chi connectivity index (χ3v) is 2.94. The zero-order valence-corrected chi connectivity index (χ0v) is 11.0. The van der Waals surface area contributed by atoms with E-state index in [9.17, 15) is 4.79 Å².